The van der Waals surface area contributed by atoms with Crippen molar-refractivity contribution in [2.75, 3.05) is 22.1 Å². The van der Waals surface area contributed by atoms with Gasteiger partial charge in [-0.1, -0.05) is 48.5 Å². The summed E-state index contributed by atoms with van der Waals surface area (Å²) < 4.78 is 0. The lowest BCUT2D eigenvalue weighted by molar-refractivity contribution is 0.0989. The summed E-state index contributed by atoms with van der Waals surface area (Å²) in [4.78, 5) is 14.9. The fraction of sp³-hybridized carbons (Fsp3) is 0.0909. The minimum Gasteiger partial charge on any atom is -0.332 e. The molecule has 0 saturated carbocycles. The molecular formula is C22H21N3OS. The van der Waals surface area contributed by atoms with Crippen molar-refractivity contribution >= 4 is 40.3 Å². The Balaban J connectivity index is 1.81. The van der Waals surface area contributed by atoms with Gasteiger partial charge in [-0.25, -0.2) is 0 Å². The van der Waals surface area contributed by atoms with Gasteiger partial charge in [-0.3, -0.25) is 4.79 Å². The van der Waals surface area contributed by atoms with Crippen molar-refractivity contribution in [2.45, 2.75) is 6.92 Å². The fourth-order valence-corrected chi connectivity index (χ4v) is 3.01. The number of para-hydroxylation sites is 3. The van der Waals surface area contributed by atoms with Crippen molar-refractivity contribution in [2.24, 2.45) is 0 Å². The van der Waals surface area contributed by atoms with Crippen LogP contribution in [0.1, 0.15) is 17.3 Å². The van der Waals surface area contributed by atoms with E-state index >= 15 is 0 Å². The van der Waals surface area contributed by atoms with E-state index in [0.29, 0.717) is 22.9 Å². The molecule has 2 N–H and O–H groups in total. The Morgan fingerprint density at radius 1 is 0.852 bits per heavy atom. The van der Waals surface area contributed by atoms with Crippen molar-refractivity contribution in [3.8, 4) is 0 Å². The first-order valence-electron chi connectivity index (χ1n) is 8.78. The Labute approximate surface area is 164 Å². The van der Waals surface area contributed by atoms with E-state index in [4.69, 9.17) is 12.2 Å². The third kappa shape index (κ3) is 4.71. The second kappa shape index (κ2) is 8.96. The molecule has 0 aromatic heterocycles. The van der Waals surface area contributed by atoms with Gasteiger partial charge >= 0.3 is 0 Å². The third-order valence-corrected chi connectivity index (χ3v) is 4.27. The first kappa shape index (κ1) is 18.6. The number of benzene rings is 3. The predicted molar refractivity (Wildman–Crippen MR) is 117 cm³/mol. The molecule has 0 radical (unpaired) electrons. The Morgan fingerprint density at radius 3 is 2.11 bits per heavy atom. The van der Waals surface area contributed by atoms with Crippen LogP contribution in [0.15, 0.2) is 84.9 Å². The van der Waals surface area contributed by atoms with Crippen LogP contribution in [-0.4, -0.2) is 17.6 Å². The minimum atomic E-state index is -0.0747. The minimum absolute atomic E-state index is 0.0747. The molecule has 3 aromatic rings. The number of hydrogen-bond donors (Lipinski definition) is 2. The van der Waals surface area contributed by atoms with Crippen LogP contribution in [0.25, 0.3) is 0 Å². The zero-order valence-corrected chi connectivity index (χ0v) is 15.9. The maximum atomic E-state index is 13.2. The van der Waals surface area contributed by atoms with Crippen LogP contribution in [0.2, 0.25) is 0 Å². The molecule has 0 fully saturated rings. The average Bonchev–Trinajstić information content (AvgIpc) is 2.70. The first-order chi connectivity index (χ1) is 13.2. The zero-order valence-electron chi connectivity index (χ0n) is 15.1. The topological polar surface area (TPSA) is 44.4 Å². The lowest BCUT2D eigenvalue weighted by Crippen LogP contribution is -2.31. The van der Waals surface area contributed by atoms with Crippen molar-refractivity contribution in [3.63, 3.8) is 0 Å². The Kier molecular flexibility index (Phi) is 6.18. The fourth-order valence-electron chi connectivity index (χ4n) is 2.78. The van der Waals surface area contributed by atoms with Gasteiger partial charge in [0.15, 0.2) is 5.11 Å². The van der Waals surface area contributed by atoms with Crippen LogP contribution in [0.4, 0.5) is 17.1 Å². The summed E-state index contributed by atoms with van der Waals surface area (Å²) in [5, 5.41) is 6.70. The maximum absolute atomic E-state index is 13.2. The Bertz CT molecular complexity index is 913. The molecular weight excluding hydrogens is 354 g/mol. The van der Waals surface area contributed by atoms with E-state index in [9.17, 15) is 4.79 Å². The molecule has 27 heavy (non-hydrogen) atoms. The number of carbonyl (C=O) groups is 1. The standard InChI is InChI=1S/C22H21N3OS/c1-2-25(18-13-7-4-8-14-18)21(26)19-15-9-10-16-20(19)24-22(27)23-17-11-5-3-6-12-17/h3-16H,2H2,1H3,(H2,23,24,27). The van der Waals surface area contributed by atoms with Gasteiger partial charge in [0.1, 0.15) is 0 Å². The highest BCUT2D eigenvalue weighted by Gasteiger charge is 2.19. The van der Waals surface area contributed by atoms with Crippen LogP contribution < -0.4 is 15.5 Å². The van der Waals surface area contributed by atoms with Crippen LogP contribution in [0, 0.1) is 0 Å². The molecule has 0 heterocycles. The van der Waals surface area contributed by atoms with Crippen LogP contribution in [0.5, 0.6) is 0 Å². The largest absolute Gasteiger partial charge is 0.332 e. The van der Waals surface area contributed by atoms with E-state index in [1.54, 1.807) is 11.0 Å². The Hall–Kier alpha value is -3.18. The number of amides is 1. The van der Waals surface area contributed by atoms with Gasteiger partial charge in [0.25, 0.3) is 5.91 Å². The summed E-state index contributed by atoms with van der Waals surface area (Å²) in [6.45, 7) is 2.53. The van der Waals surface area contributed by atoms with E-state index < -0.39 is 0 Å². The van der Waals surface area contributed by atoms with Gasteiger partial charge < -0.3 is 15.5 Å². The highest BCUT2D eigenvalue weighted by Crippen LogP contribution is 2.22. The van der Waals surface area contributed by atoms with Crippen LogP contribution in [0.3, 0.4) is 0 Å². The summed E-state index contributed by atoms with van der Waals surface area (Å²) in [6, 6.07) is 26.7. The van der Waals surface area contributed by atoms with Gasteiger partial charge in [0, 0.05) is 17.9 Å². The predicted octanol–water partition coefficient (Wildman–Crippen LogP) is 5.16. The van der Waals surface area contributed by atoms with Crippen molar-refractivity contribution in [3.05, 3.63) is 90.5 Å². The van der Waals surface area contributed by atoms with Crippen molar-refractivity contribution in [1.29, 1.82) is 0 Å². The summed E-state index contributed by atoms with van der Waals surface area (Å²) in [5.74, 6) is -0.0747. The molecule has 4 nitrogen and oxygen atoms in total. The summed E-state index contributed by atoms with van der Waals surface area (Å²) in [7, 11) is 0. The smallest absolute Gasteiger partial charge is 0.260 e. The lowest BCUT2D eigenvalue weighted by atomic mass is 10.1. The molecule has 0 aliphatic heterocycles. The Morgan fingerprint density at radius 2 is 1.44 bits per heavy atom. The molecule has 136 valence electrons. The van der Waals surface area contributed by atoms with Gasteiger partial charge in [0.05, 0.1) is 11.3 Å². The molecule has 5 heteroatoms. The number of rotatable bonds is 5. The zero-order chi connectivity index (χ0) is 19.1. The molecule has 1 amide bonds. The SMILES string of the molecule is CCN(C(=O)c1ccccc1NC(=S)Nc1ccccc1)c1ccccc1. The van der Waals surface area contributed by atoms with E-state index in [1.807, 2.05) is 85.8 Å². The molecule has 0 bridgehead atoms. The first-order valence-corrected chi connectivity index (χ1v) is 9.19. The number of hydrogen-bond acceptors (Lipinski definition) is 2. The number of anilines is 3. The number of nitrogens with zero attached hydrogens (tertiary/aromatic N) is 1. The maximum Gasteiger partial charge on any atom is 0.260 e. The average molecular weight is 375 g/mol. The van der Waals surface area contributed by atoms with E-state index in [1.165, 1.54) is 0 Å². The highest BCUT2D eigenvalue weighted by atomic mass is 32.1. The summed E-state index contributed by atoms with van der Waals surface area (Å²) in [5.41, 5.74) is 2.99. The number of carbonyl (C=O) groups excluding carboxylic acids is 1. The van der Waals surface area contributed by atoms with Gasteiger partial charge in [0.2, 0.25) is 0 Å². The summed E-state index contributed by atoms with van der Waals surface area (Å²) in [6.07, 6.45) is 0. The second-order valence-electron chi connectivity index (χ2n) is 5.88. The third-order valence-electron chi connectivity index (χ3n) is 4.07. The van der Waals surface area contributed by atoms with Gasteiger partial charge in [-0.15, -0.1) is 0 Å². The molecule has 0 unspecified atom stereocenters. The number of nitrogens with one attached hydrogen (secondary N) is 2. The molecule has 3 aromatic carbocycles. The van der Waals surface area contributed by atoms with E-state index in [-0.39, 0.29) is 5.91 Å². The van der Waals surface area contributed by atoms with Gasteiger partial charge in [-0.05, 0) is 55.5 Å². The normalized spacial score (nSPS) is 10.1. The van der Waals surface area contributed by atoms with Crippen LogP contribution >= 0.6 is 12.2 Å². The molecule has 0 aliphatic rings. The van der Waals surface area contributed by atoms with Crippen molar-refractivity contribution < 1.29 is 4.79 Å². The quantitative estimate of drug-likeness (QED) is 0.605. The van der Waals surface area contributed by atoms with Crippen molar-refractivity contribution in [1.82, 2.24) is 0 Å². The molecule has 0 aliphatic carbocycles. The molecule has 0 atom stereocenters. The lowest BCUT2D eigenvalue weighted by Gasteiger charge is -2.23. The molecule has 0 spiro atoms. The molecule has 3 rings (SSSR count). The van der Waals surface area contributed by atoms with Crippen LogP contribution in [-0.2, 0) is 0 Å². The highest BCUT2D eigenvalue weighted by molar-refractivity contribution is 7.80. The summed E-state index contributed by atoms with van der Waals surface area (Å²) >= 11 is 5.40. The molecule has 0 saturated heterocycles. The van der Waals surface area contributed by atoms with Gasteiger partial charge in [-0.2, -0.15) is 0 Å². The number of thiocarbonyl (C=S) groups is 1. The van der Waals surface area contributed by atoms with E-state index in [2.05, 4.69) is 10.6 Å². The second-order valence-corrected chi connectivity index (χ2v) is 6.28. The van der Waals surface area contributed by atoms with E-state index in [0.717, 1.165) is 11.4 Å². The monoisotopic (exact) mass is 375 g/mol.